The summed E-state index contributed by atoms with van der Waals surface area (Å²) in [6.45, 7) is 0.795. The standard InChI is InChI=1S/C23H24N3O6/c1-30-17-6-7-18-19(15-17)31-23(24-18)16-10-13-25(14-11-16)12-4-2-3-5-22(29)32-26-20(27)8-9-21(26)28/h6-7,10-11,13-15H,2-5,8-9,12H2,1H3/q+1. The van der Waals surface area contributed by atoms with Crippen molar-refractivity contribution in [2.75, 3.05) is 7.11 Å². The number of aromatic nitrogens is 2. The van der Waals surface area contributed by atoms with Crippen molar-refractivity contribution in [2.45, 2.75) is 45.1 Å². The van der Waals surface area contributed by atoms with E-state index in [4.69, 9.17) is 14.0 Å². The Labute approximate surface area is 184 Å². The molecular formula is C23H24N3O6+. The number of carbonyl (C=O) groups excluding carboxylic acids is 3. The second kappa shape index (κ2) is 9.59. The highest BCUT2D eigenvalue weighted by Gasteiger charge is 2.32. The number of rotatable bonds is 9. The van der Waals surface area contributed by atoms with E-state index in [2.05, 4.69) is 9.55 Å². The van der Waals surface area contributed by atoms with Gasteiger partial charge < -0.3 is 14.0 Å². The van der Waals surface area contributed by atoms with Crippen molar-refractivity contribution in [1.82, 2.24) is 10.0 Å². The zero-order chi connectivity index (χ0) is 22.5. The molecule has 0 saturated carbocycles. The summed E-state index contributed by atoms with van der Waals surface area (Å²) in [4.78, 5) is 44.1. The van der Waals surface area contributed by atoms with E-state index in [-0.39, 0.29) is 19.3 Å². The molecule has 3 heterocycles. The molecule has 1 aliphatic rings. The van der Waals surface area contributed by atoms with Crippen LogP contribution in [0.5, 0.6) is 5.75 Å². The number of carbonyl (C=O) groups is 3. The fraction of sp³-hybridized carbons (Fsp3) is 0.348. The molecule has 0 spiro atoms. The molecule has 1 aromatic carbocycles. The maximum absolute atomic E-state index is 11.8. The highest BCUT2D eigenvalue weighted by atomic mass is 16.7. The van der Waals surface area contributed by atoms with Crippen LogP contribution in [-0.4, -0.2) is 34.9 Å². The van der Waals surface area contributed by atoms with Crippen LogP contribution in [-0.2, 0) is 25.8 Å². The van der Waals surface area contributed by atoms with E-state index in [1.165, 1.54) is 0 Å². The van der Waals surface area contributed by atoms with Crippen molar-refractivity contribution >= 4 is 28.9 Å². The Bertz CT molecular complexity index is 1120. The maximum atomic E-state index is 11.8. The molecule has 2 amide bonds. The van der Waals surface area contributed by atoms with Gasteiger partial charge in [-0.2, -0.15) is 0 Å². The second-order valence-electron chi connectivity index (χ2n) is 7.53. The average molecular weight is 438 g/mol. The monoisotopic (exact) mass is 438 g/mol. The highest BCUT2D eigenvalue weighted by molar-refractivity contribution is 6.01. The summed E-state index contributed by atoms with van der Waals surface area (Å²) in [6, 6.07) is 9.41. The smallest absolute Gasteiger partial charge is 0.333 e. The van der Waals surface area contributed by atoms with Gasteiger partial charge in [0.25, 0.3) is 11.8 Å². The number of oxazole rings is 1. The zero-order valence-electron chi connectivity index (χ0n) is 17.8. The van der Waals surface area contributed by atoms with Gasteiger partial charge >= 0.3 is 5.97 Å². The predicted molar refractivity (Wildman–Crippen MR) is 112 cm³/mol. The number of imide groups is 1. The van der Waals surface area contributed by atoms with E-state index < -0.39 is 17.8 Å². The number of nitrogens with zero attached hydrogens (tertiary/aromatic N) is 3. The van der Waals surface area contributed by atoms with Gasteiger partial charge in [-0.15, -0.1) is 5.06 Å². The Kier molecular flexibility index (Phi) is 6.44. The van der Waals surface area contributed by atoms with Gasteiger partial charge in [-0.05, 0) is 25.0 Å². The molecule has 4 rings (SSSR count). The lowest BCUT2D eigenvalue weighted by Gasteiger charge is -2.12. The van der Waals surface area contributed by atoms with Crippen LogP contribution in [0.1, 0.15) is 38.5 Å². The lowest BCUT2D eigenvalue weighted by molar-refractivity contribution is -0.697. The third-order valence-electron chi connectivity index (χ3n) is 5.23. The fourth-order valence-electron chi connectivity index (χ4n) is 3.45. The van der Waals surface area contributed by atoms with Crippen LogP contribution in [0.25, 0.3) is 22.6 Å². The summed E-state index contributed by atoms with van der Waals surface area (Å²) in [7, 11) is 1.61. The van der Waals surface area contributed by atoms with Crippen LogP contribution in [0.4, 0.5) is 0 Å². The number of ether oxygens (including phenoxy) is 1. The van der Waals surface area contributed by atoms with Crippen molar-refractivity contribution in [3.63, 3.8) is 0 Å². The molecule has 0 unspecified atom stereocenters. The minimum atomic E-state index is -0.554. The summed E-state index contributed by atoms with van der Waals surface area (Å²) >= 11 is 0. The van der Waals surface area contributed by atoms with Crippen LogP contribution in [0, 0.1) is 0 Å². The Morgan fingerprint density at radius 2 is 1.84 bits per heavy atom. The first-order valence-electron chi connectivity index (χ1n) is 10.5. The zero-order valence-corrected chi connectivity index (χ0v) is 17.8. The molecule has 1 aliphatic heterocycles. The lowest BCUT2D eigenvalue weighted by Crippen LogP contribution is -2.32. The molecule has 2 aromatic heterocycles. The number of benzene rings is 1. The van der Waals surface area contributed by atoms with Crippen molar-refractivity contribution in [1.29, 1.82) is 0 Å². The number of fused-ring (bicyclic) bond motifs is 1. The van der Waals surface area contributed by atoms with Gasteiger partial charge in [0, 0.05) is 49.4 Å². The van der Waals surface area contributed by atoms with E-state index in [0.717, 1.165) is 36.2 Å². The minimum absolute atomic E-state index is 0.100. The first-order chi connectivity index (χ1) is 15.5. The number of pyridine rings is 1. The summed E-state index contributed by atoms with van der Waals surface area (Å²) in [6.07, 6.45) is 6.61. The largest absolute Gasteiger partial charge is 0.497 e. The molecule has 9 heteroatoms. The maximum Gasteiger partial charge on any atom is 0.333 e. The van der Waals surface area contributed by atoms with Crippen molar-refractivity contribution in [2.24, 2.45) is 0 Å². The van der Waals surface area contributed by atoms with Gasteiger partial charge in [-0.1, -0.05) is 0 Å². The molecule has 0 bridgehead atoms. The molecule has 9 nitrogen and oxygen atoms in total. The molecule has 32 heavy (non-hydrogen) atoms. The first-order valence-corrected chi connectivity index (χ1v) is 10.5. The molecule has 0 radical (unpaired) electrons. The summed E-state index contributed by atoms with van der Waals surface area (Å²) in [5.74, 6) is -0.200. The molecule has 0 atom stereocenters. The van der Waals surface area contributed by atoms with E-state index in [1.54, 1.807) is 7.11 Å². The minimum Gasteiger partial charge on any atom is -0.497 e. The van der Waals surface area contributed by atoms with Crippen molar-refractivity contribution in [3.05, 3.63) is 42.7 Å². The van der Waals surface area contributed by atoms with Crippen LogP contribution in [0.15, 0.2) is 47.1 Å². The third-order valence-corrected chi connectivity index (χ3v) is 5.23. The van der Waals surface area contributed by atoms with E-state index in [1.807, 2.05) is 42.7 Å². The summed E-state index contributed by atoms with van der Waals surface area (Å²) < 4.78 is 13.1. The van der Waals surface area contributed by atoms with E-state index >= 15 is 0 Å². The summed E-state index contributed by atoms with van der Waals surface area (Å²) in [5, 5.41) is 0.590. The third kappa shape index (κ3) is 4.93. The van der Waals surface area contributed by atoms with Gasteiger partial charge in [-0.25, -0.2) is 14.3 Å². The fourth-order valence-corrected chi connectivity index (χ4v) is 3.45. The second-order valence-corrected chi connectivity index (χ2v) is 7.53. The first kappa shape index (κ1) is 21.5. The van der Waals surface area contributed by atoms with Crippen molar-refractivity contribution < 1.29 is 32.9 Å². The van der Waals surface area contributed by atoms with Crippen LogP contribution in [0.3, 0.4) is 0 Å². The molecule has 1 fully saturated rings. The van der Waals surface area contributed by atoms with Gasteiger partial charge in [0.1, 0.15) is 17.8 Å². The number of hydrogen-bond donors (Lipinski definition) is 0. The average Bonchev–Trinajstić information content (AvgIpc) is 3.37. The quantitative estimate of drug-likeness (QED) is 0.287. The van der Waals surface area contributed by atoms with E-state index in [9.17, 15) is 14.4 Å². The number of hydroxylamine groups is 2. The van der Waals surface area contributed by atoms with Gasteiger partial charge in [0.05, 0.1) is 7.11 Å². The topological polar surface area (TPSA) is 103 Å². The van der Waals surface area contributed by atoms with E-state index in [0.29, 0.717) is 23.0 Å². The Balaban J connectivity index is 1.22. The van der Waals surface area contributed by atoms with Crippen LogP contribution < -0.4 is 9.30 Å². The molecule has 1 saturated heterocycles. The Hall–Kier alpha value is -3.75. The SMILES string of the molecule is COc1ccc2nc(-c3cc[n+](CCCCCC(=O)ON4C(=O)CCC4=O)cc3)oc2c1. The molecule has 0 N–H and O–H groups in total. The summed E-state index contributed by atoms with van der Waals surface area (Å²) in [5.41, 5.74) is 2.33. The number of methoxy groups -OCH3 is 1. The molecule has 0 aliphatic carbocycles. The van der Waals surface area contributed by atoms with Crippen LogP contribution >= 0.6 is 0 Å². The van der Waals surface area contributed by atoms with Crippen molar-refractivity contribution in [3.8, 4) is 17.2 Å². The highest BCUT2D eigenvalue weighted by Crippen LogP contribution is 2.26. The number of amides is 2. The molecular weight excluding hydrogens is 414 g/mol. The number of unbranched alkanes of at least 4 members (excludes halogenated alkanes) is 2. The van der Waals surface area contributed by atoms with Gasteiger partial charge in [0.2, 0.25) is 5.89 Å². The van der Waals surface area contributed by atoms with Crippen LogP contribution in [0.2, 0.25) is 0 Å². The normalized spacial score (nSPS) is 13.7. The Morgan fingerprint density at radius 3 is 2.56 bits per heavy atom. The number of hydrogen-bond acceptors (Lipinski definition) is 7. The van der Waals surface area contributed by atoms with Gasteiger partial charge in [-0.3, -0.25) is 9.59 Å². The predicted octanol–water partition coefficient (Wildman–Crippen LogP) is 2.96. The molecule has 166 valence electrons. The molecule has 3 aromatic rings. The van der Waals surface area contributed by atoms with Gasteiger partial charge in [0.15, 0.2) is 18.0 Å². The Morgan fingerprint density at radius 1 is 1.09 bits per heavy atom. The number of aryl methyl sites for hydroxylation is 1. The lowest BCUT2D eigenvalue weighted by atomic mass is 10.2.